The van der Waals surface area contributed by atoms with Gasteiger partial charge in [0, 0.05) is 36.1 Å². The van der Waals surface area contributed by atoms with Gasteiger partial charge in [0.15, 0.2) is 5.78 Å². The number of benzene rings is 3. The number of carbonyl (C=O) groups is 2. The number of aryl methyl sites for hydroxylation is 2. The second-order valence-electron chi connectivity index (χ2n) is 8.72. The van der Waals surface area contributed by atoms with E-state index in [-0.39, 0.29) is 29.4 Å². The van der Waals surface area contributed by atoms with Crippen molar-refractivity contribution in [1.82, 2.24) is 4.57 Å². The summed E-state index contributed by atoms with van der Waals surface area (Å²) in [6.45, 7) is 1.26. The topological polar surface area (TPSA) is 109 Å². The zero-order valence-corrected chi connectivity index (χ0v) is 21.9. The fourth-order valence-corrected chi connectivity index (χ4v) is 5.68. The van der Waals surface area contributed by atoms with E-state index in [1.165, 1.54) is 12.1 Å². The number of ether oxygens (including phenoxy) is 1. The predicted molar refractivity (Wildman–Crippen MR) is 144 cm³/mol. The summed E-state index contributed by atoms with van der Waals surface area (Å²) in [5, 5.41) is 9.57. The van der Waals surface area contributed by atoms with Crippen molar-refractivity contribution < 1.29 is 22.7 Å². The number of hydrogen-bond acceptors (Lipinski definition) is 6. The molecule has 0 radical (unpaired) electrons. The number of nitriles is 1. The third-order valence-corrected chi connectivity index (χ3v) is 7.98. The first-order valence-corrected chi connectivity index (χ1v) is 13.5. The molecule has 0 fully saturated rings. The van der Waals surface area contributed by atoms with E-state index in [9.17, 15) is 18.0 Å². The molecule has 0 aliphatic rings. The van der Waals surface area contributed by atoms with Gasteiger partial charge >= 0.3 is 5.97 Å². The minimum Gasteiger partial charge on any atom is -0.465 e. The summed E-state index contributed by atoms with van der Waals surface area (Å²) in [6.07, 6.45) is 2.47. The standard InChI is InChI=1S/C29H27N3O5S/c1-3-37-29(34)20-32(38(35,36)24-7-5-4-6-8-24)23-14-15-27-25(17-23)26(19-31(27)2)28(33)16-13-21-9-11-22(18-30)12-10-21/h4-12,14-15,17,19H,3,13,16,20H2,1-2H3. The molecule has 0 unspecified atom stereocenters. The third kappa shape index (κ3) is 5.61. The first-order valence-electron chi connectivity index (χ1n) is 12.1. The minimum atomic E-state index is -4.10. The fraction of sp³-hybridized carbons (Fsp3) is 0.207. The number of anilines is 1. The van der Waals surface area contributed by atoms with Crippen LogP contribution < -0.4 is 4.31 Å². The van der Waals surface area contributed by atoms with Crippen molar-refractivity contribution in [3.63, 3.8) is 0 Å². The minimum absolute atomic E-state index is 0.0381. The SMILES string of the molecule is CCOC(=O)CN(c1ccc2c(c1)c(C(=O)CCc1ccc(C#N)cc1)cn2C)S(=O)(=O)c1ccccc1. The van der Waals surface area contributed by atoms with Gasteiger partial charge in [0.1, 0.15) is 6.54 Å². The summed E-state index contributed by atoms with van der Waals surface area (Å²) in [7, 11) is -2.28. The van der Waals surface area contributed by atoms with Crippen LogP contribution in [0.25, 0.3) is 10.9 Å². The molecule has 194 valence electrons. The maximum Gasteiger partial charge on any atom is 0.326 e. The van der Waals surface area contributed by atoms with Gasteiger partial charge in [-0.1, -0.05) is 30.3 Å². The van der Waals surface area contributed by atoms with E-state index in [4.69, 9.17) is 10.00 Å². The Balaban J connectivity index is 1.70. The lowest BCUT2D eigenvalue weighted by molar-refractivity contribution is -0.141. The first kappa shape index (κ1) is 26.6. The zero-order chi connectivity index (χ0) is 27.3. The second-order valence-corrected chi connectivity index (χ2v) is 10.6. The van der Waals surface area contributed by atoms with Crippen LogP contribution in [0.2, 0.25) is 0 Å². The largest absolute Gasteiger partial charge is 0.465 e. The molecule has 1 heterocycles. The summed E-state index contributed by atoms with van der Waals surface area (Å²) in [4.78, 5) is 25.7. The lowest BCUT2D eigenvalue weighted by atomic mass is 10.0. The van der Waals surface area contributed by atoms with Gasteiger partial charge in [-0.15, -0.1) is 0 Å². The summed E-state index contributed by atoms with van der Waals surface area (Å²) in [5.74, 6) is -0.779. The number of ketones is 1. The number of aromatic nitrogens is 1. The summed E-state index contributed by atoms with van der Waals surface area (Å²) in [6, 6.07) is 22.0. The maximum atomic E-state index is 13.6. The number of nitrogens with zero attached hydrogens (tertiary/aromatic N) is 3. The molecule has 3 aromatic carbocycles. The number of Topliss-reactive ketones (excluding diaryl/α,β-unsaturated/α-hetero) is 1. The van der Waals surface area contributed by atoms with Crippen molar-refractivity contribution in [2.45, 2.75) is 24.7 Å². The average Bonchev–Trinajstić information content (AvgIpc) is 3.27. The molecule has 0 aliphatic heterocycles. The van der Waals surface area contributed by atoms with Crippen LogP contribution in [0.3, 0.4) is 0 Å². The molecule has 0 atom stereocenters. The summed E-state index contributed by atoms with van der Waals surface area (Å²) >= 11 is 0. The Bertz CT molecular complexity index is 1620. The zero-order valence-electron chi connectivity index (χ0n) is 21.1. The predicted octanol–water partition coefficient (Wildman–Crippen LogP) is 4.62. The van der Waals surface area contributed by atoms with Gasteiger partial charge in [-0.25, -0.2) is 8.42 Å². The number of esters is 1. The molecule has 9 heteroatoms. The van der Waals surface area contributed by atoms with Crippen molar-refractivity contribution in [3.8, 4) is 6.07 Å². The Labute approximate surface area is 221 Å². The van der Waals surface area contributed by atoms with Crippen LogP contribution in [0.15, 0.2) is 83.9 Å². The molecule has 1 aromatic heterocycles. The van der Waals surface area contributed by atoms with Crippen molar-refractivity contribution in [2.75, 3.05) is 17.5 Å². The van der Waals surface area contributed by atoms with E-state index >= 15 is 0 Å². The van der Waals surface area contributed by atoms with Crippen LogP contribution in [-0.4, -0.2) is 37.9 Å². The number of fused-ring (bicyclic) bond motifs is 1. The molecule has 38 heavy (non-hydrogen) atoms. The van der Waals surface area contributed by atoms with E-state index in [1.54, 1.807) is 61.7 Å². The molecule has 8 nitrogen and oxygen atoms in total. The molecule has 4 aromatic rings. The average molecular weight is 530 g/mol. The van der Waals surface area contributed by atoms with Gasteiger partial charge in [-0.3, -0.25) is 13.9 Å². The van der Waals surface area contributed by atoms with Crippen LogP contribution in [0.4, 0.5) is 5.69 Å². The molecular weight excluding hydrogens is 502 g/mol. The Hall–Kier alpha value is -4.42. The Morgan fingerprint density at radius 3 is 2.39 bits per heavy atom. The monoisotopic (exact) mass is 529 g/mol. The normalized spacial score (nSPS) is 11.2. The highest BCUT2D eigenvalue weighted by atomic mass is 32.2. The third-order valence-electron chi connectivity index (χ3n) is 6.19. The van der Waals surface area contributed by atoms with E-state index in [2.05, 4.69) is 6.07 Å². The van der Waals surface area contributed by atoms with Gasteiger partial charge < -0.3 is 9.30 Å². The van der Waals surface area contributed by atoms with Crippen molar-refractivity contribution >= 4 is 38.4 Å². The maximum absolute atomic E-state index is 13.6. The smallest absolute Gasteiger partial charge is 0.326 e. The van der Waals surface area contributed by atoms with Gasteiger partial charge in [-0.05, 0) is 61.4 Å². The van der Waals surface area contributed by atoms with E-state index in [1.807, 2.05) is 23.7 Å². The van der Waals surface area contributed by atoms with Gasteiger partial charge in [0.05, 0.1) is 28.8 Å². The van der Waals surface area contributed by atoms with Crippen LogP contribution >= 0.6 is 0 Å². The summed E-state index contributed by atoms with van der Waals surface area (Å²) in [5.41, 5.74) is 2.96. The Kier molecular flexibility index (Phi) is 7.93. The Morgan fingerprint density at radius 2 is 1.74 bits per heavy atom. The van der Waals surface area contributed by atoms with E-state index in [0.29, 0.717) is 22.9 Å². The van der Waals surface area contributed by atoms with E-state index in [0.717, 1.165) is 15.4 Å². The number of rotatable bonds is 10. The lowest BCUT2D eigenvalue weighted by Crippen LogP contribution is -2.36. The second kappa shape index (κ2) is 11.3. The van der Waals surface area contributed by atoms with E-state index < -0.39 is 22.5 Å². The molecule has 0 spiro atoms. The highest BCUT2D eigenvalue weighted by molar-refractivity contribution is 7.92. The van der Waals surface area contributed by atoms with Crippen molar-refractivity contribution in [2.24, 2.45) is 7.05 Å². The molecule has 0 saturated carbocycles. The van der Waals surface area contributed by atoms with Gasteiger partial charge in [0.2, 0.25) is 0 Å². The lowest BCUT2D eigenvalue weighted by Gasteiger charge is -2.24. The number of sulfonamides is 1. The van der Waals surface area contributed by atoms with Crippen LogP contribution in [0.1, 0.15) is 34.8 Å². The highest BCUT2D eigenvalue weighted by Gasteiger charge is 2.28. The Morgan fingerprint density at radius 1 is 1.03 bits per heavy atom. The van der Waals surface area contributed by atoms with Gasteiger partial charge in [-0.2, -0.15) is 5.26 Å². The molecule has 0 saturated heterocycles. The number of hydrogen-bond donors (Lipinski definition) is 0. The quantitative estimate of drug-likeness (QED) is 0.219. The molecule has 0 aliphatic carbocycles. The molecule has 0 N–H and O–H groups in total. The van der Waals surface area contributed by atoms with Gasteiger partial charge in [0.25, 0.3) is 10.0 Å². The van der Waals surface area contributed by atoms with Crippen molar-refractivity contribution in [3.05, 3.63) is 95.7 Å². The van der Waals surface area contributed by atoms with Crippen LogP contribution in [-0.2, 0) is 33.0 Å². The van der Waals surface area contributed by atoms with Crippen LogP contribution in [0, 0.1) is 11.3 Å². The number of carbonyl (C=O) groups excluding carboxylic acids is 2. The molecule has 4 rings (SSSR count). The van der Waals surface area contributed by atoms with Crippen LogP contribution in [0.5, 0.6) is 0 Å². The molecule has 0 bridgehead atoms. The molecular formula is C29H27N3O5S. The summed E-state index contributed by atoms with van der Waals surface area (Å²) < 4.78 is 35.0. The van der Waals surface area contributed by atoms with Crippen molar-refractivity contribution in [1.29, 1.82) is 5.26 Å². The first-order chi connectivity index (χ1) is 18.2. The fourth-order valence-electron chi connectivity index (χ4n) is 4.25. The highest BCUT2D eigenvalue weighted by Crippen LogP contribution is 2.30. The molecule has 0 amide bonds.